The minimum Gasteiger partial charge on any atom is -0.495 e. The van der Waals surface area contributed by atoms with E-state index in [1.807, 2.05) is 30.3 Å². The summed E-state index contributed by atoms with van der Waals surface area (Å²) < 4.78 is 16.7. The van der Waals surface area contributed by atoms with E-state index in [0.29, 0.717) is 28.1 Å². The number of hydrogen-bond donors (Lipinski definition) is 0. The van der Waals surface area contributed by atoms with Gasteiger partial charge in [-0.3, -0.25) is 4.79 Å². The summed E-state index contributed by atoms with van der Waals surface area (Å²) in [5, 5.41) is 1.19. The van der Waals surface area contributed by atoms with Crippen molar-refractivity contribution in [1.82, 2.24) is 0 Å². The Morgan fingerprint density at radius 3 is 2.59 bits per heavy atom. The molecule has 0 aliphatic heterocycles. The van der Waals surface area contributed by atoms with Crippen LogP contribution in [-0.4, -0.2) is 7.11 Å². The third-order valence-electron chi connectivity index (χ3n) is 3.67. The second-order valence-corrected chi connectivity index (χ2v) is 4.96. The summed E-state index contributed by atoms with van der Waals surface area (Å²) in [7, 11) is 1.53. The van der Waals surface area contributed by atoms with Crippen LogP contribution in [0.25, 0.3) is 33.3 Å². The van der Waals surface area contributed by atoms with Gasteiger partial charge in [0.05, 0.1) is 18.8 Å². The Bertz CT molecular complexity index is 1030. The van der Waals surface area contributed by atoms with Crippen molar-refractivity contribution in [1.29, 1.82) is 0 Å². The van der Waals surface area contributed by atoms with E-state index in [1.165, 1.54) is 13.2 Å². The molecular formula is C18H12O4. The molecule has 2 aromatic carbocycles. The molecule has 0 atom stereocenters. The first-order valence-electron chi connectivity index (χ1n) is 6.85. The summed E-state index contributed by atoms with van der Waals surface area (Å²) in [6, 6.07) is 14.5. The number of fused-ring (bicyclic) bond motifs is 2. The van der Waals surface area contributed by atoms with Crippen LogP contribution < -0.4 is 10.2 Å². The first-order chi connectivity index (χ1) is 10.8. The zero-order valence-corrected chi connectivity index (χ0v) is 11.8. The molecule has 0 fully saturated rings. The van der Waals surface area contributed by atoms with Crippen molar-refractivity contribution in [3.63, 3.8) is 0 Å². The van der Waals surface area contributed by atoms with Gasteiger partial charge in [-0.05, 0) is 6.07 Å². The minimum atomic E-state index is -0.139. The smallest absolute Gasteiger partial charge is 0.197 e. The third-order valence-corrected chi connectivity index (χ3v) is 3.67. The molecular weight excluding hydrogens is 280 g/mol. The monoisotopic (exact) mass is 292 g/mol. The topological polar surface area (TPSA) is 52.6 Å². The lowest BCUT2D eigenvalue weighted by Gasteiger charge is -2.07. The molecule has 0 saturated heterocycles. The molecule has 0 N–H and O–H groups in total. The molecule has 2 heterocycles. The molecule has 4 heteroatoms. The zero-order valence-electron chi connectivity index (χ0n) is 11.8. The van der Waals surface area contributed by atoms with Gasteiger partial charge in [-0.1, -0.05) is 30.3 Å². The van der Waals surface area contributed by atoms with E-state index in [9.17, 15) is 4.79 Å². The van der Waals surface area contributed by atoms with E-state index in [0.717, 1.165) is 10.9 Å². The molecule has 4 nitrogen and oxygen atoms in total. The van der Waals surface area contributed by atoms with E-state index in [4.69, 9.17) is 13.6 Å². The normalized spacial score (nSPS) is 11.1. The van der Waals surface area contributed by atoms with Gasteiger partial charge in [0.1, 0.15) is 28.1 Å². The fourth-order valence-corrected chi connectivity index (χ4v) is 2.67. The van der Waals surface area contributed by atoms with Gasteiger partial charge >= 0.3 is 0 Å². The first-order valence-corrected chi connectivity index (χ1v) is 6.85. The number of ether oxygens (including phenoxy) is 1. The average Bonchev–Trinajstić information content (AvgIpc) is 3.01. The number of methoxy groups -OCH3 is 1. The van der Waals surface area contributed by atoms with Crippen LogP contribution in [0.4, 0.5) is 0 Å². The van der Waals surface area contributed by atoms with Crippen molar-refractivity contribution in [3.8, 4) is 17.1 Å². The van der Waals surface area contributed by atoms with Crippen LogP contribution in [0.3, 0.4) is 0 Å². The summed E-state index contributed by atoms with van der Waals surface area (Å²) in [6.45, 7) is 0. The highest BCUT2D eigenvalue weighted by molar-refractivity contribution is 6.01. The zero-order chi connectivity index (χ0) is 15.1. The number of rotatable bonds is 2. The van der Waals surface area contributed by atoms with Crippen molar-refractivity contribution in [3.05, 3.63) is 65.0 Å². The molecule has 2 aromatic heterocycles. The van der Waals surface area contributed by atoms with Gasteiger partial charge in [-0.15, -0.1) is 0 Å². The molecule has 108 valence electrons. The Kier molecular flexibility index (Phi) is 2.76. The highest BCUT2D eigenvalue weighted by Crippen LogP contribution is 2.35. The average molecular weight is 292 g/mol. The lowest BCUT2D eigenvalue weighted by molar-refractivity contribution is 0.423. The highest BCUT2D eigenvalue weighted by atomic mass is 16.5. The van der Waals surface area contributed by atoms with Crippen molar-refractivity contribution in [2.45, 2.75) is 0 Å². The molecule has 22 heavy (non-hydrogen) atoms. The van der Waals surface area contributed by atoms with Crippen molar-refractivity contribution in [2.24, 2.45) is 0 Å². The molecule has 4 rings (SSSR count). The van der Waals surface area contributed by atoms with Gasteiger partial charge in [0, 0.05) is 17.7 Å². The molecule has 0 radical (unpaired) electrons. The second-order valence-electron chi connectivity index (χ2n) is 4.96. The van der Waals surface area contributed by atoms with Gasteiger partial charge in [0.25, 0.3) is 0 Å². The largest absolute Gasteiger partial charge is 0.495 e. The highest BCUT2D eigenvalue weighted by Gasteiger charge is 2.16. The summed E-state index contributed by atoms with van der Waals surface area (Å²) >= 11 is 0. The summed E-state index contributed by atoms with van der Waals surface area (Å²) in [5.41, 5.74) is 1.78. The Hall–Kier alpha value is -3.01. The fraction of sp³-hybridized carbons (Fsp3) is 0.0556. The maximum Gasteiger partial charge on any atom is 0.197 e. The predicted molar refractivity (Wildman–Crippen MR) is 84.2 cm³/mol. The molecule has 0 aliphatic rings. The van der Waals surface area contributed by atoms with Crippen LogP contribution in [-0.2, 0) is 0 Å². The third kappa shape index (κ3) is 1.81. The standard InChI is InChI=1S/C18H12O4/c1-20-18-12-7-8-21-15(12)10-16-17(18)13(19)9-14(22-16)11-5-3-2-4-6-11/h2-10H,1H3. The van der Waals surface area contributed by atoms with Crippen LogP contribution in [0.15, 0.2) is 68.4 Å². The maximum atomic E-state index is 12.5. The number of benzene rings is 2. The van der Waals surface area contributed by atoms with Gasteiger partial charge in [0.15, 0.2) is 5.43 Å². The lowest BCUT2D eigenvalue weighted by atomic mass is 10.1. The Morgan fingerprint density at radius 1 is 1.00 bits per heavy atom. The van der Waals surface area contributed by atoms with E-state index >= 15 is 0 Å². The van der Waals surface area contributed by atoms with Gasteiger partial charge < -0.3 is 13.6 Å². The quantitative estimate of drug-likeness (QED) is 0.555. The Labute approximate surface area is 125 Å². The van der Waals surface area contributed by atoms with E-state index in [2.05, 4.69) is 0 Å². The molecule has 0 aliphatic carbocycles. The van der Waals surface area contributed by atoms with E-state index in [-0.39, 0.29) is 5.43 Å². The van der Waals surface area contributed by atoms with Crippen LogP contribution in [0, 0.1) is 0 Å². The van der Waals surface area contributed by atoms with Crippen molar-refractivity contribution in [2.75, 3.05) is 7.11 Å². The van der Waals surface area contributed by atoms with Crippen LogP contribution in [0.5, 0.6) is 5.75 Å². The first kappa shape index (κ1) is 12.7. The van der Waals surface area contributed by atoms with Gasteiger partial charge in [-0.25, -0.2) is 0 Å². The summed E-state index contributed by atoms with van der Waals surface area (Å²) in [6.07, 6.45) is 1.56. The van der Waals surface area contributed by atoms with E-state index < -0.39 is 0 Å². The molecule has 4 aromatic rings. The molecule has 0 spiro atoms. The SMILES string of the molecule is COc1c2ccoc2cc2oc(-c3ccccc3)cc(=O)c12. The molecule has 0 bridgehead atoms. The summed E-state index contributed by atoms with van der Waals surface area (Å²) in [5.74, 6) is 1.00. The van der Waals surface area contributed by atoms with Gasteiger partial charge in [0.2, 0.25) is 0 Å². The molecule has 0 amide bonds. The van der Waals surface area contributed by atoms with Crippen LogP contribution >= 0.6 is 0 Å². The number of furan rings is 1. The van der Waals surface area contributed by atoms with Gasteiger partial charge in [-0.2, -0.15) is 0 Å². The van der Waals surface area contributed by atoms with Crippen molar-refractivity contribution < 1.29 is 13.6 Å². The maximum absolute atomic E-state index is 12.5. The predicted octanol–water partition coefficient (Wildman–Crippen LogP) is 4.21. The lowest BCUT2D eigenvalue weighted by Crippen LogP contribution is -2.03. The summed E-state index contributed by atoms with van der Waals surface area (Å²) in [4.78, 5) is 12.5. The Balaban J connectivity index is 2.11. The Morgan fingerprint density at radius 2 is 1.82 bits per heavy atom. The number of hydrogen-bond acceptors (Lipinski definition) is 4. The fourth-order valence-electron chi connectivity index (χ4n) is 2.67. The van der Waals surface area contributed by atoms with Crippen LogP contribution in [0.1, 0.15) is 0 Å². The molecule has 0 saturated carbocycles. The van der Waals surface area contributed by atoms with Crippen LogP contribution in [0.2, 0.25) is 0 Å². The minimum absolute atomic E-state index is 0.139. The van der Waals surface area contributed by atoms with E-state index in [1.54, 1.807) is 18.4 Å². The molecule has 0 unspecified atom stereocenters. The second kappa shape index (κ2) is 4.77. The van der Waals surface area contributed by atoms with Crippen molar-refractivity contribution >= 4 is 21.9 Å².